The Labute approximate surface area is 165 Å². The van der Waals surface area contributed by atoms with E-state index >= 15 is 0 Å². The zero-order valence-electron chi connectivity index (χ0n) is 13.1. The number of hydrogen-bond acceptors (Lipinski definition) is 4. The van der Waals surface area contributed by atoms with Crippen LogP contribution in [0, 0.1) is 0 Å². The molecule has 0 saturated carbocycles. The van der Waals surface area contributed by atoms with Gasteiger partial charge in [-0.25, -0.2) is 0 Å². The van der Waals surface area contributed by atoms with E-state index in [4.69, 9.17) is 11.8 Å². The van der Waals surface area contributed by atoms with Gasteiger partial charge in [-0.15, -0.1) is 0 Å². The predicted octanol–water partition coefficient (Wildman–Crippen LogP) is -6.06. The molecule has 0 aliphatic heterocycles. The molecule has 4 nitrogen and oxygen atoms in total. The fraction of sp³-hybridized carbons (Fsp3) is 0.133. The molecule has 2 rings (SSSR count). The molecule has 0 spiro atoms. The number of hydrogen-bond donors (Lipinski definition) is 1. The maximum absolute atomic E-state index is 12.5. The average molecular weight is 333 g/mol. The molecule has 23 heavy (non-hydrogen) atoms. The van der Waals surface area contributed by atoms with E-state index in [2.05, 4.69) is 5.09 Å². The molecule has 0 bridgehead atoms. The minimum absolute atomic E-state index is 0. The summed E-state index contributed by atoms with van der Waals surface area (Å²) < 4.78 is 0. The molecule has 0 radical (unpaired) electrons. The van der Waals surface area contributed by atoms with Crippen molar-refractivity contribution in [2.45, 2.75) is 12.5 Å². The maximum atomic E-state index is 12.5. The Kier molecular flexibility index (Phi) is 10.4. The second-order valence-corrected chi connectivity index (χ2v) is 8.00. The molecule has 8 heteroatoms. The van der Waals surface area contributed by atoms with Crippen molar-refractivity contribution in [1.82, 2.24) is 5.09 Å². The van der Waals surface area contributed by atoms with Crippen molar-refractivity contribution in [2.24, 2.45) is 0 Å². The van der Waals surface area contributed by atoms with Gasteiger partial charge in [0.15, 0.2) is 0 Å². The Morgan fingerprint density at radius 3 is 2.00 bits per heavy atom. The molecule has 1 unspecified atom stereocenters. The third-order valence-corrected chi connectivity index (χ3v) is 5.57. The van der Waals surface area contributed by atoms with Gasteiger partial charge in [0, 0.05) is 0 Å². The predicted molar refractivity (Wildman–Crippen MR) is 82.4 cm³/mol. The number of carbonyl (C=O) groups is 1. The van der Waals surface area contributed by atoms with Crippen molar-refractivity contribution in [3.8, 4) is 0 Å². The molecular weight excluding hydrogens is 319 g/mol. The van der Waals surface area contributed by atoms with Crippen molar-refractivity contribution in [3.05, 3.63) is 66.2 Å². The Morgan fingerprint density at radius 2 is 1.52 bits per heavy atom. The van der Waals surface area contributed by atoms with E-state index < -0.39 is 18.4 Å². The Morgan fingerprint density at radius 1 is 1.04 bits per heavy atom. The molecule has 0 fully saturated rings. The van der Waals surface area contributed by atoms with Crippen LogP contribution in [0.25, 0.3) is 0 Å². The van der Waals surface area contributed by atoms with Crippen LogP contribution >= 0.6 is 6.42 Å². The van der Waals surface area contributed by atoms with E-state index in [0.29, 0.717) is 5.30 Å². The first kappa shape index (κ1) is 22.7. The van der Waals surface area contributed by atoms with E-state index in [9.17, 15) is 14.8 Å². The number of aliphatic carboxylic acids is 1. The maximum Gasteiger partial charge on any atom is 1.00 e. The van der Waals surface area contributed by atoms with Crippen molar-refractivity contribution in [3.63, 3.8) is 0 Å². The van der Waals surface area contributed by atoms with Gasteiger partial charge in [0.1, 0.15) is 0 Å². The summed E-state index contributed by atoms with van der Waals surface area (Å²) in [4.78, 5) is 23.8. The van der Waals surface area contributed by atoms with Crippen LogP contribution in [0.2, 0.25) is 0 Å². The van der Waals surface area contributed by atoms with Gasteiger partial charge in [0.05, 0.1) is 12.0 Å². The van der Waals surface area contributed by atoms with E-state index in [1.807, 2.05) is 18.2 Å². The standard InChI is InChI=1S/C15H16NO3PS.2Li/c17-15(18)14(11-12-7-3-1-4-8-12)16-20(19,21)13-9-5-2-6-10-13;;/h1-10,14H,11H2,(H,17,18)(H2,16,19,21);;/q;2*+1/p-2/t14-,20?;;/m0../s1. The van der Waals surface area contributed by atoms with Gasteiger partial charge in [0.2, 0.25) is 0 Å². The zero-order chi connectivity index (χ0) is 15.3. The molecule has 2 aromatic rings. The number of rotatable bonds is 6. The summed E-state index contributed by atoms with van der Waals surface area (Å²) in [5.41, 5.74) is 0.808. The second-order valence-electron chi connectivity index (χ2n) is 4.58. The van der Waals surface area contributed by atoms with Crippen LogP contribution in [0.4, 0.5) is 0 Å². The van der Waals surface area contributed by atoms with Crippen molar-refractivity contribution in [1.29, 1.82) is 0 Å². The molecule has 0 aliphatic rings. The average Bonchev–Trinajstić information content (AvgIpc) is 2.48. The van der Waals surface area contributed by atoms with Crippen LogP contribution in [-0.4, -0.2) is 12.0 Å². The molecule has 0 aromatic heterocycles. The minimum atomic E-state index is -3.38. The number of carboxylic acids is 1. The number of benzene rings is 2. The summed E-state index contributed by atoms with van der Waals surface area (Å²) in [6.45, 7) is 0. The summed E-state index contributed by atoms with van der Waals surface area (Å²) in [5, 5.41) is 14.3. The van der Waals surface area contributed by atoms with Crippen LogP contribution in [0.5, 0.6) is 0 Å². The first-order chi connectivity index (χ1) is 9.99. The van der Waals surface area contributed by atoms with Crippen LogP contribution in [0.3, 0.4) is 0 Å². The summed E-state index contributed by atoms with van der Waals surface area (Å²) >= 11 is 5.07. The zero-order valence-corrected chi connectivity index (χ0v) is 14.8. The first-order valence-electron chi connectivity index (χ1n) is 6.38. The molecule has 0 saturated heterocycles. The van der Waals surface area contributed by atoms with Gasteiger partial charge in [-0.05, 0) is 23.7 Å². The van der Waals surface area contributed by atoms with Gasteiger partial charge in [0.25, 0.3) is 0 Å². The third kappa shape index (κ3) is 6.98. The van der Waals surface area contributed by atoms with Gasteiger partial charge in [-0.3, -0.25) is 5.09 Å². The van der Waals surface area contributed by atoms with Crippen LogP contribution in [-0.2, 0) is 23.0 Å². The van der Waals surface area contributed by atoms with Crippen molar-refractivity contribution in [2.75, 3.05) is 0 Å². The Balaban J connectivity index is 0.00000242. The topological polar surface area (TPSA) is 75.2 Å². The van der Waals surface area contributed by atoms with Crippen molar-refractivity contribution < 1.29 is 52.5 Å². The monoisotopic (exact) mass is 333 g/mol. The van der Waals surface area contributed by atoms with Crippen molar-refractivity contribution >= 4 is 29.5 Å². The number of carboxylic acid groups (broad SMARTS) is 1. The fourth-order valence-corrected chi connectivity index (χ4v) is 4.00. The quantitative estimate of drug-likeness (QED) is 0.421. The van der Waals surface area contributed by atoms with E-state index in [1.54, 1.807) is 42.5 Å². The van der Waals surface area contributed by atoms with E-state index in [-0.39, 0.29) is 44.1 Å². The Bertz CT molecular complexity index is 658. The van der Waals surface area contributed by atoms with Crippen LogP contribution in [0.15, 0.2) is 60.7 Å². The van der Waals surface area contributed by atoms with Gasteiger partial charge >= 0.3 is 37.7 Å². The molecule has 0 aliphatic carbocycles. The number of nitrogens with one attached hydrogen (secondary N) is 1. The molecule has 0 heterocycles. The number of carbonyl (C=O) groups excluding carboxylic acids is 1. The Hall–Kier alpha value is -0.325. The molecule has 0 amide bonds. The van der Waals surface area contributed by atoms with E-state index in [0.717, 1.165) is 5.56 Å². The van der Waals surface area contributed by atoms with E-state index in [1.165, 1.54) is 0 Å². The van der Waals surface area contributed by atoms with Crippen LogP contribution in [0.1, 0.15) is 5.56 Å². The SMILES string of the molecule is O=C([O-])[C@H](Cc1ccccc1)NP([O-])(=S)c1ccccc1.[Li+].[Li+]. The normalized spacial score (nSPS) is 13.8. The third-order valence-electron chi connectivity index (χ3n) is 2.99. The summed E-state index contributed by atoms with van der Waals surface area (Å²) in [7, 11) is 0. The summed E-state index contributed by atoms with van der Waals surface area (Å²) in [5.74, 6) is -1.32. The van der Waals surface area contributed by atoms with Gasteiger partial charge in [-0.1, -0.05) is 72.5 Å². The van der Waals surface area contributed by atoms with Gasteiger partial charge < -0.3 is 14.8 Å². The summed E-state index contributed by atoms with van der Waals surface area (Å²) in [6, 6.07) is 16.4. The molecule has 2 aromatic carbocycles. The molecule has 110 valence electrons. The van der Waals surface area contributed by atoms with Crippen LogP contribution < -0.4 is 58.1 Å². The molecule has 2 atom stereocenters. The smallest absolute Gasteiger partial charge is 0.807 e. The summed E-state index contributed by atoms with van der Waals surface area (Å²) in [6.07, 6.45) is -3.22. The first-order valence-corrected chi connectivity index (χ1v) is 9.10. The fourth-order valence-electron chi connectivity index (χ4n) is 1.94. The second kappa shape index (κ2) is 10.5. The molecular formula is C15H14Li2NO3PS. The minimum Gasteiger partial charge on any atom is -0.807 e. The molecule has 1 N–H and O–H groups in total. The van der Waals surface area contributed by atoms with Gasteiger partial charge in [-0.2, -0.15) is 0 Å². The largest absolute Gasteiger partial charge is 1.00 e.